The van der Waals surface area contributed by atoms with Crippen LogP contribution in [0.15, 0.2) is 24.4 Å². The van der Waals surface area contributed by atoms with E-state index in [-0.39, 0.29) is 5.82 Å². The number of hydrogen-bond acceptors (Lipinski definition) is 3. The molecule has 3 nitrogen and oxygen atoms in total. The lowest BCUT2D eigenvalue weighted by molar-refractivity contribution is 0.00578. The largest absolute Gasteiger partial charge is 0.497 e. The zero-order valence-electron chi connectivity index (χ0n) is 13.0. The molecule has 5 heteroatoms. The molecule has 1 aliphatic rings. The van der Waals surface area contributed by atoms with E-state index in [9.17, 15) is 4.39 Å². The maximum absolute atomic E-state index is 14.4. The van der Waals surface area contributed by atoms with Gasteiger partial charge in [0, 0.05) is 17.0 Å². The first kappa shape index (κ1) is 14.5. The highest BCUT2D eigenvalue weighted by Crippen LogP contribution is 2.36. The van der Waals surface area contributed by atoms with E-state index >= 15 is 0 Å². The van der Waals surface area contributed by atoms with Gasteiger partial charge in [0.1, 0.15) is 5.82 Å². The smallest absolute Gasteiger partial charge is 0.399 e. The van der Waals surface area contributed by atoms with Crippen LogP contribution in [0.1, 0.15) is 33.3 Å². The van der Waals surface area contributed by atoms with Crippen molar-refractivity contribution in [1.82, 2.24) is 4.98 Å². The molecule has 0 bridgehead atoms. The molecule has 21 heavy (non-hydrogen) atoms. The highest BCUT2D eigenvalue weighted by atomic mass is 19.1. The molecule has 3 rings (SSSR count). The molecular formula is C16H19BFNO2. The first-order valence-corrected chi connectivity index (χ1v) is 7.11. The Morgan fingerprint density at radius 3 is 2.29 bits per heavy atom. The van der Waals surface area contributed by atoms with Crippen molar-refractivity contribution in [3.8, 4) is 0 Å². The average molecular weight is 287 g/mol. The van der Waals surface area contributed by atoms with Crippen LogP contribution in [0.25, 0.3) is 10.9 Å². The molecule has 1 aromatic heterocycles. The second-order valence-corrected chi connectivity index (χ2v) is 6.67. The lowest BCUT2D eigenvalue weighted by Gasteiger charge is -2.32. The summed E-state index contributed by atoms with van der Waals surface area (Å²) in [7, 11) is -0.706. The van der Waals surface area contributed by atoms with E-state index in [2.05, 4.69) is 4.98 Å². The molecule has 0 saturated carbocycles. The highest BCUT2D eigenvalue weighted by molar-refractivity contribution is 6.62. The van der Waals surface area contributed by atoms with Gasteiger partial charge in [-0.1, -0.05) is 0 Å². The van der Waals surface area contributed by atoms with Gasteiger partial charge in [0.05, 0.1) is 16.7 Å². The number of halogens is 1. The summed E-state index contributed by atoms with van der Waals surface area (Å²) in [5, 5.41) is 0.785. The minimum absolute atomic E-state index is 0.326. The number of rotatable bonds is 1. The van der Waals surface area contributed by atoms with Crippen LogP contribution in [-0.2, 0) is 9.31 Å². The SMILES string of the molecule is Cc1cnc2cc(B3OC(C)(C)C(C)(C)O3)c(F)cc2c1. The van der Waals surface area contributed by atoms with Crippen LogP contribution in [0.2, 0.25) is 0 Å². The minimum atomic E-state index is -0.706. The third kappa shape index (κ3) is 2.34. The molecule has 0 atom stereocenters. The number of pyridine rings is 1. The van der Waals surface area contributed by atoms with Crippen LogP contribution >= 0.6 is 0 Å². The molecule has 0 amide bonds. The van der Waals surface area contributed by atoms with Crippen molar-refractivity contribution < 1.29 is 13.7 Å². The molecule has 1 saturated heterocycles. The molecule has 0 radical (unpaired) electrons. The minimum Gasteiger partial charge on any atom is -0.399 e. The molecular weight excluding hydrogens is 268 g/mol. The summed E-state index contributed by atoms with van der Waals surface area (Å²) in [6, 6.07) is 5.13. The van der Waals surface area contributed by atoms with Crippen LogP contribution < -0.4 is 5.46 Å². The van der Waals surface area contributed by atoms with E-state index in [1.807, 2.05) is 40.7 Å². The van der Waals surface area contributed by atoms with Gasteiger partial charge < -0.3 is 9.31 Å². The molecule has 1 aromatic carbocycles. The number of fused-ring (bicyclic) bond motifs is 1. The predicted molar refractivity (Wildman–Crippen MR) is 82.2 cm³/mol. The summed E-state index contributed by atoms with van der Waals surface area (Å²) in [6.07, 6.45) is 1.77. The van der Waals surface area contributed by atoms with Gasteiger partial charge >= 0.3 is 7.12 Å². The van der Waals surface area contributed by atoms with Gasteiger partial charge in [0.15, 0.2) is 0 Å². The Balaban J connectivity index is 2.06. The normalized spacial score (nSPS) is 20.2. The van der Waals surface area contributed by atoms with E-state index in [1.54, 1.807) is 12.3 Å². The second-order valence-electron chi connectivity index (χ2n) is 6.67. The van der Waals surface area contributed by atoms with Crippen molar-refractivity contribution in [2.24, 2.45) is 0 Å². The first-order chi connectivity index (χ1) is 9.69. The summed E-state index contributed by atoms with van der Waals surface area (Å²) in [5.74, 6) is -0.326. The Kier molecular flexibility index (Phi) is 3.12. The van der Waals surface area contributed by atoms with Gasteiger partial charge in [-0.3, -0.25) is 4.98 Å². The Morgan fingerprint density at radius 1 is 1.05 bits per heavy atom. The third-order valence-corrected chi connectivity index (χ3v) is 4.44. The fraction of sp³-hybridized carbons (Fsp3) is 0.438. The predicted octanol–water partition coefficient (Wildman–Crippen LogP) is 2.98. The van der Waals surface area contributed by atoms with Gasteiger partial charge in [-0.2, -0.15) is 0 Å². The first-order valence-electron chi connectivity index (χ1n) is 7.11. The number of nitrogens with zero attached hydrogens (tertiary/aromatic N) is 1. The monoisotopic (exact) mass is 287 g/mol. The number of benzene rings is 1. The van der Waals surface area contributed by atoms with Gasteiger partial charge in [0.25, 0.3) is 0 Å². The fourth-order valence-electron chi connectivity index (χ4n) is 2.43. The van der Waals surface area contributed by atoms with E-state index in [1.165, 1.54) is 6.07 Å². The molecule has 0 spiro atoms. The summed E-state index contributed by atoms with van der Waals surface area (Å²) in [5.41, 5.74) is 1.18. The number of aromatic nitrogens is 1. The van der Waals surface area contributed by atoms with Crippen LogP contribution in [-0.4, -0.2) is 23.3 Å². The van der Waals surface area contributed by atoms with Crippen molar-refractivity contribution in [3.05, 3.63) is 35.8 Å². The maximum atomic E-state index is 14.4. The van der Waals surface area contributed by atoms with Gasteiger partial charge in [-0.05, 0) is 58.4 Å². The lowest BCUT2D eigenvalue weighted by Crippen LogP contribution is -2.41. The molecule has 1 fully saturated rings. The van der Waals surface area contributed by atoms with E-state index in [0.29, 0.717) is 5.46 Å². The van der Waals surface area contributed by atoms with E-state index in [0.717, 1.165) is 16.5 Å². The molecule has 0 aliphatic carbocycles. The van der Waals surface area contributed by atoms with Gasteiger partial charge in [-0.25, -0.2) is 4.39 Å². The quantitative estimate of drug-likeness (QED) is 0.756. The van der Waals surface area contributed by atoms with Crippen LogP contribution in [0.4, 0.5) is 4.39 Å². The zero-order chi connectivity index (χ0) is 15.4. The van der Waals surface area contributed by atoms with Crippen LogP contribution in [0.3, 0.4) is 0 Å². The summed E-state index contributed by atoms with van der Waals surface area (Å²) in [6.45, 7) is 9.74. The molecule has 110 valence electrons. The molecule has 2 aromatic rings. The average Bonchev–Trinajstić information content (AvgIpc) is 2.57. The summed E-state index contributed by atoms with van der Waals surface area (Å²) >= 11 is 0. The third-order valence-electron chi connectivity index (χ3n) is 4.44. The summed E-state index contributed by atoms with van der Waals surface area (Å²) < 4.78 is 26.2. The van der Waals surface area contributed by atoms with Crippen molar-refractivity contribution >= 4 is 23.5 Å². The Bertz CT molecular complexity index is 699. The van der Waals surface area contributed by atoms with Gasteiger partial charge in [0.2, 0.25) is 0 Å². The van der Waals surface area contributed by atoms with Crippen molar-refractivity contribution in [2.75, 3.05) is 0 Å². The highest BCUT2D eigenvalue weighted by Gasteiger charge is 2.52. The van der Waals surface area contributed by atoms with Gasteiger partial charge in [-0.15, -0.1) is 0 Å². The zero-order valence-corrected chi connectivity index (χ0v) is 13.0. The van der Waals surface area contributed by atoms with Crippen LogP contribution in [0, 0.1) is 12.7 Å². The molecule has 0 N–H and O–H groups in total. The standard InChI is InChI=1S/C16H19BFNO2/c1-10-6-11-7-13(18)12(8-14(11)19-9-10)17-20-15(2,3)16(4,5)21-17/h6-9H,1-5H3. The van der Waals surface area contributed by atoms with E-state index < -0.39 is 18.3 Å². The summed E-state index contributed by atoms with van der Waals surface area (Å²) in [4.78, 5) is 4.35. The van der Waals surface area contributed by atoms with E-state index in [4.69, 9.17) is 9.31 Å². The van der Waals surface area contributed by atoms with Crippen molar-refractivity contribution in [1.29, 1.82) is 0 Å². The number of hydrogen-bond donors (Lipinski definition) is 0. The number of aryl methyl sites for hydroxylation is 1. The van der Waals surface area contributed by atoms with Crippen LogP contribution in [0.5, 0.6) is 0 Å². The lowest BCUT2D eigenvalue weighted by atomic mass is 9.78. The fourth-order valence-corrected chi connectivity index (χ4v) is 2.43. The molecule has 1 aliphatic heterocycles. The topological polar surface area (TPSA) is 31.4 Å². The molecule has 0 unspecified atom stereocenters. The molecule has 2 heterocycles. The van der Waals surface area contributed by atoms with Crippen molar-refractivity contribution in [3.63, 3.8) is 0 Å². The second kappa shape index (κ2) is 4.52. The Labute approximate surface area is 124 Å². The van der Waals surface area contributed by atoms with Crippen molar-refractivity contribution in [2.45, 2.75) is 45.8 Å². The maximum Gasteiger partial charge on any atom is 0.497 e. The Morgan fingerprint density at radius 2 is 1.67 bits per heavy atom. The Hall–Kier alpha value is -1.46.